The third-order valence-corrected chi connectivity index (χ3v) is 5.30. The number of urea groups is 1. The van der Waals surface area contributed by atoms with E-state index in [-0.39, 0.29) is 24.5 Å². The molecule has 5 heteroatoms. The quantitative estimate of drug-likeness (QED) is 0.705. The smallest absolute Gasteiger partial charge is 0.322 e. The molecular weight excluding hydrogens is 364 g/mol. The van der Waals surface area contributed by atoms with Crippen molar-refractivity contribution in [1.29, 1.82) is 0 Å². The summed E-state index contributed by atoms with van der Waals surface area (Å²) in [5.41, 5.74) is 4.01. The van der Waals surface area contributed by atoms with E-state index in [0.717, 1.165) is 43.5 Å². The zero-order valence-corrected chi connectivity index (χ0v) is 17.3. The van der Waals surface area contributed by atoms with Gasteiger partial charge in [-0.25, -0.2) is 4.79 Å². The molecule has 1 aliphatic heterocycles. The lowest BCUT2D eigenvalue weighted by atomic mass is 9.99. The van der Waals surface area contributed by atoms with Crippen molar-refractivity contribution in [2.75, 3.05) is 18.5 Å². The van der Waals surface area contributed by atoms with Gasteiger partial charge < -0.3 is 15.0 Å². The molecule has 1 atom stereocenters. The van der Waals surface area contributed by atoms with Gasteiger partial charge in [0.25, 0.3) is 0 Å². The Morgan fingerprint density at radius 1 is 1.10 bits per heavy atom. The fraction of sp³-hybridized carbons (Fsp3) is 0.417. The van der Waals surface area contributed by atoms with Crippen molar-refractivity contribution in [2.45, 2.75) is 52.0 Å². The molecule has 2 aromatic rings. The van der Waals surface area contributed by atoms with E-state index in [1.165, 1.54) is 11.1 Å². The Hall–Kier alpha value is -2.82. The molecule has 2 aromatic carbocycles. The lowest BCUT2D eigenvalue weighted by molar-refractivity contribution is -0.142. The third kappa shape index (κ3) is 5.83. The molecule has 29 heavy (non-hydrogen) atoms. The minimum absolute atomic E-state index is 0.0726. The van der Waals surface area contributed by atoms with Crippen molar-refractivity contribution in [3.63, 3.8) is 0 Å². The van der Waals surface area contributed by atoms with E-state index in [1.54, 1.807) is 6.92 Å². The summed E-state index contributed by atoms with van der Waals surface area (Å²) in [4.78, 5) is 26.7. The van der Waals surface area contributed by atoms with Gasteiger partial charge in [-0.15, -0.1) is 0 Å². The van der Waals surface area contributed by atoms with Crippen molar-refractivity contribution in [1.82, 2.24) is 4.90 Å². The number of amides is 2. The number of aryl methyl sites for hydroxylation is 1. The Kier molecular flexibility index (Phi) is 7.28. The molecule has 1 heterocycles. The van der Waals surface area contributed by atoms with Gasteiger partial charge in [0.15, 0.2) is 0 Å². The van der Waals surface area contributed by atoms with Crippen LogP contribution in [0.15, 0.2) is 48.5 Å². The molecule has 1 fully saturated rings. The monoisotopic (exact) mass is 394 g/mol. The van der Waals surface area contributed by atoms with Crippen molar-refractivity contribution < 1.29 is 14.3 Å². The lowest BCUT2D eigenvalue weighted by Crippen LogP contribution is -2.38. The normalized spacial score (nSPS) is 16.8. The van der Waals surface area contributed by atoms with E-state index in [9.17, 15) is 9.59 Å². The Bertz CT molecular complexity index is 832. The van der Waals surface area contributed by atoms with Crippen LogP contribution in [0, 0.1) is 6.92 Å². The number of anilines is 1. The van der Waals surface area contributed by atoms with Gasteiger partial charge in [0.1, 0.15) is 0 Å². The molecule has 0 aliphatic carbocycles. The Balaban J connectivity index is 1.69. The largest absolute Gasteiger partial charge is 0.466 e. The summed E-state index contributed by atoms with van der Waals surface area (Å²) in [7, 11) is 0. The standard InChI is InChI=1S/C24H30N2O3/c1-3-29-23(27)17-19-11-13-21(14-12-19)25-24(28)26-15-6-4-5-10-22(26)20-9-7-8-18(2)16-20/h7-9,11-14,16,22H,3-6,10,15,17H2,1-2H3,(H,25,28)/t22-/m0/s1. The number of benzene rings is 2. The second-order valence-corrected chi connectivity index (χ2v) is 7.58. The maximum Gasteiger partial charge on any atom is 0.322 e. The van der Waals surface area contributed by atoms with Crippen LogP contribution in [-0.2, 0) is 16.0 Å². The molecule has 154 valence electrons. The van der Waals surface area contributed by atoms with Crippen LogP contribution in [0.2, 0.25) is 0 Å². The second kappa shape index (κ2) is 10.1. The maximum absolute atomic E-state index is 13.1. The van der Waals surface area contributed by atoms with Gasteiger partial charge in [-0.3, -0.25) is 4.79 Å². The molecule has 1 saturated heterocycles. The zero-order chi connectivity index (χ0) is 20.6. The molecule has 5 nitrogen and oxygen atoms in total. The molecule has 0 radical (unpaired) electrons. The Morgan fingerprint density at radius 3 is 2.62 bits per heavy atom. The van der Waals surface area contributed by atoms with Gasteiger partial charge in [0.2, 0.25) is 0 Å². The highest BCUT2D eigenvalue weighted by Gasteiger charge is 2.27. The highest BCUT2D eigenvalue weighted by Crippen LogP contribution is 2.31. The molecule has 2 amide bonds. The fourth-order valence-electron chi connectivity index (χ4n) is 3.86. The van der Waals surface area contributed by atoms with E-state index >= 15 is 0 Å². The number of hydrogen-bond donors (Lipinski definition) is 1. The van der Waals surface area contributed by atoms with Crippen LogP contribution in [0.5, 0.6) is 0 Å². The molecule has 0 spiro atoms. The summed E-state index contributed by atoms with van der Waals surface area (Å²) < 4.78 is 4.98. The van der Waals surface area contributed by atoms with Gasteiger partial charge in [-0.05, 0) is 49.9 Å². The summed E-state index contributed by atoms with van der Waals surface area (Å²) in [6.07, 6.45) is 4.52. The number of rotatable bonds is 5. The molecule has 0 saturated carbocycles. The highest BCUT2D eigenvalue weighted by molar-refractivity contribution is 5.89. The van der Waals surface area contributed by atoms with Crippen molar-refractivity contribution in [2.24, 2.45) is 0 Å². The molecule has 3 rings (SSSR count). The summed E-state index contributed by atoms with van der Waals surface area (Å²) >= 11 is 0. The van der Waals surface area contributed by atoms with Crippen LogP contribution >= 0.6 is 0 Å². The minimum Gasteiger partial charge on any atom is -0.466 e. The summed E-state index contributed by atoms with van der Waals surface area (Å²) in [5.74, 6) is -0.241. The van der Waals surface area contributed by atoms with Crippen molar-refractivity contribution in [3.05, 3.63) is 65.2 Å². The van der Waals surface area contributed by atoms with E-state index in [2.05, 4.69) is 36.5 Å². The van der Waals surface area contributed by atoms with Crippen LogP contribution < -0.4 is 5.32 Å². The predicted molar refractivity (Wildman–Crippen MR) is 115 cm³/mol. The average Bonchev–Trinajstić information content (AvgIpc) is 2.96. The first-order chi connectivity index (χ1) is 14.1. The maximum atomic E-state index is 13.1. The molecule has 0 unspecified atom stereocenters. The number of ether oxygens (including phenoxy) is 1. The van der Waals surface area contributed by atoms with E-state index in [0.29, 0.717) is 6.61 Å². The first-order valence-corrected chi connectivity index (χ1v) is 10.5. The number of likely N-dealkylation sites (tertiary alicyclic amines) is 1. The lowest BCUT2D eigenvalue weighted by Gasteiger charge is -2.31. The van der Waals surface area contributed by atoms with E-state index < -0.39 is 0 Å². The van der Waals surface area contributed by atoms with Gasteiger partial charge >= 0.3 is 12.0 Å². The SMILES string of the molecule is CCOC(=O)Cc1ccc(NC(=O)N2CCCCC[C@H]2c2cccc(C)c2)cc1. The molecule has 0 bridgehead atoms. The van der Waals surface area contributed by atoms with Crippen LogP contribution in [0.4, 0.5) is 10.5 Å². The average molecular weight is 395 g/mol. The number of carbonyl (C=O) groups excluding carboxylic acids is 2. The summed E-state index contributed by atoms with van der Waals surface area (Å²) in [5, 5.41) is 3.03. The van der Waals surface area contributed by atoms with Crippen molar-refractivity contribution in [3.8, 4) is 0 Å². The Morgan fingerprint density at radius 2 is 1.90 bits per heavy atom. The van der Waals surface area contributed by atoms with Gasteiger partial charge in [-0.1, -0.05) is 54.8 Å². The topological polar surface area (TPSA) is 58.6 Å². The minimum atomic E-state index is -0.241. The molecule has 1 aliphatic rings. The van der Waals surface area contributed by atoms with Crippen LogP contribution in [0.1, 0.15) is 55.3 Å². The molecule has 1 N–H and O–H groups in total. The number of carbonyl (C=O) groups is 2. The zero-order valence-electron chi connectivity index (χ0n) is 17.3. The molecular formula is C24H30N2O3. The Labute approximate surface area is 173 Å². The number of esters is 1. The first-order valence-electron chi connectivity index (χ1n) is 10.5. The first kappa shape index (κ1) is 20.9. The van der Waals surface area contributed by atoms with Gasteiger partial charge in [0.05, 0.1) is 19.1 Å². The van der Waals surface area contributed by atoms with Gasteiger partial charge in [-0.2, -0.15) is 0 Å². The van der Waals surface area contributed by atoms with E-state index in [4.69, 9.17) is 4.74 Å². The summed E-state index contributed by atoms with van der Waals surface area (Å²) in [6, 6.07) is 15.9. The van der Waals surface area contributed by atoms with Crippen LogP contribution in [0.3, 0.4) is 0 Å². The van der Waals surface area contributed by atoms with E-state index in [1.807, 2.05) is 29.2 Å². The predicted octanol–water partition coefficient (Wildman–Crippen LogP) is 5.25. The number of hydrogen-bond acceptors (Lipinski definition) is 3. The molecule has 0 aromatic heterocycles. The van der Waals surface area contributed by atoms with Crippen LogP contribution in [0.25, 0.3) is 0 Å². The van der Waals surface area contributed by atoms with Gasteiger partial charge in [0, 0.05) is 12.2 Å². The van der Waals surface area contributed by atoms with Crippen LogP contribution in [-0.4, -0.2) is 30.1 Å². The van der Waals surface area contributed by atoms with Crippen molar-refractivity contribution >= 4 is 17.7 Å². The third-order valence-electron chi connectivity index (χ3n) is 5.30. The summed E-state index contributed by atoms with van der Waals surface area (Å²) in [6.45, 7) is 5.02. The number of nitrogens with one attached hydrogen (secondary N) is 1. The fourth-order valence-corrected chi connectivity index (χ4v) is 3.86. The second-order valence-electron chi connectivity index (χ2n) is 7.58. The number of nitrogens with zero attached hydrogens (tertiary/aromatic N) is 1. The highest BCUT2D eigenvalue weighted by atomic mass is 16.5.